The highest BCUT2D eigenvalue weighted by Crippen LogP contribution is 2.06. The van der Waals surface area contributed by atoms with Crippen molar-refractivity contribution in [3.8, 4) is 0 Å². The molecular formula is C19H24N4O2. The molecule has 3 rings (SSSR count). The third-order valence-corrected chi connectivity index (χ3v) is 4.61. The Hall–Kier alpha value is -2.47. The first-order chi connectivity index (χ1) is 12.1. The highest BCUT2D eigenvalue weighted by atomic mass is 16.2. The van der Waals surface area contributed by atoms with Crippen LogP contribution in [0.3, 0.4) is 0 Å². The van der Waals surface area contributed by atoms with Crippen molar-refractivity contribution in [1.82, 2.24) is 19.4 Å². The monoisotopic (exact) mass is 340 g/mol. The predicted octanol–water partition coefficient (Wildman–Crippen LogP) is 0.939. The average Bonchev–Trinajstić information content (AvgIpc) is 2.63. The van der Waals surface area contributed by atoms with Crippen LogP contribution in [-0.4, -0.2) is 58.0 Å². The van der Waals surface area contributed by atoms with E-state index in [2.05, 4.69) is 34.1 Å². The van der Waals surface area contributed by atoms with E-state index >= 15 is 0 Å². The maximum Gasteiger partial charge on any atom is 0.253 e. The molecule has 1 aromatic carbocycles. The largest absolute Gasteiger partial charge is 0.339 e. The van der Waals surface area contributed by atoms with Crippen molar-refractivity contribution in [2.75, 3.05) is 32.7 Å². The summed E-state index contributed by atoms with van der Waals surface area (Å²) in [6.45, 7) is 6.01. The third-order valence-electron chi connectivity index (χ3n) is 4.61. The van der Waals surface area contributed by atoms with Gasteiger partial charge in [0.25, 0.3) is 5.56 Å². The Morgan fingerprint density at radius 3 is 2.52 bits per heavy atom. The predicted molar refractivity (Wildman–Crippen MR) is 96.4 cm³/mol. The number of carbonyl (C=O) groups excluding carboxylic acids is 1. The van der Waals surface area contributed by atoms with Crippen LogP contribution in [0.15, 0.2) is 47.5 Å². The van der Waals surface area contributed by atoms with Gasteiger partial charge in [0.05, 0.1) is 6.33 Å². The Bertz CT molecular complexity index is 764. The summed E-state index contributed by atoms with van der Waals surface area (Å²) in [5.41, 5.74) is 1.83. The Labute approximate surface area is 147 Å². The van der Waals surface area contributed by atoms with Crippen molar-refractivity contribution < 1.29 is 4.79 Å². The number of hydrogen-bond donors (Lipinski definition) is 0. The molecule has 132 valence electrons. The van der Waals surface area contributed by atoms with Gasteiger partial charge in [0.2, 0.25) is 5.91 Å². The van der Waals surface area contributed by atoms with Gasteiger partial charge in [-0.1, -0.05) is 30.3 Å². The minimum Gasteiger partial charge on any atom is -0.339 e. The van der Waals surface area contributed by atoms with Crippen LogP contribution >= 0.6 is 0 Å². The maximum absolute atomic E-state index is 12.4. The van der Waals surface area contributed by atoms with Crippen molar-refractivity contribution in [3.63, 3.8) is 0 Å². The lowest BCUT2D eigenvalue weighted by molar-refractivity contribution is -0.133. The number of benzene rings is 1. The third kappa shape index (κ3) is 4.76. The molecule has 0 unspecified atom stereocenters. The normalized spacial score (nSPS) is 15.3. The summed E-state index contributed by atoms with van der Waals surface area (Å²) in [4.78, 5) is 32.6. The van der Waals surface area contributed by atoms with Crippen LogP contribution in [0.5, 0.6) is 0 Å². The molecular weight excluding hydrogens is 316 g/mol. The molecule has 6 nitrogen and oxygen atoms in total. The molecule has 2 heterocycles. The number of aryl methyl sites for hydroxylation is 1. The smallest absolute Gasteiger partial charge is 0.253 e. The molecule has 2 aromatic rings. The van der Waals surface area contributed by atoms with E-state index < -0.39 is 0 Å². The minimum atomic E-state index is -0.178. The van der Waals surface area contributed by atoms with E-state index in [1.807, 2.05) is 11.0 Å². The number of piperazine rings is 1. The Kier molecular flexibility index (Phi) is 5.60. The standard InChI is InChI=1S/C19H24N4O2/c1-16-13-18(24)23(15-20-16)14-19(25)22-11-9-21(10-12-22)8-7-17-5-3-2-4-6-17/h2-6,13,15H,7-12,14H2,1H3. The van der Waals surface area contributed by atoms with Crippen molar-refractivity contribution in [2.24, 2.45) is 0 Å². The zero-order valence-corrected chi connectivity index (χ0v) is 14.6. The molecule has 0 radical (unpaired) electrons. The lowest BCUT2D eigenvalue weighted by Gasteiger charge is -2.34. The Morgan fingerprint density at radius 2 is 1.84 bits per heavy atom. The van der Waals surface area contributed by atoms with Gasteiger partial charge in [-0.05, 0) is 18.9 Å². The summed E-state index contributed by atoms with van der Waals surface area (Å²) in [7, 11) is 0. The SMILES string of the molecule is Cc1cc(=O)n(CC(=O)N2CCN(CCc3ccccc3)CC2)cn1. The summed E-state index contributed by atoms with van der Waals surface area (Å²) in [6, 6.07) is 11.9. The van der Waals surface area contributed by atoms with Gasteiger partial charge in [0, 0.05) is 44.5 Å². The zero-order valence-electron chi connectivity index (χ0n) is 14.6. The highest BCUT2D eigenvalue weighted by molar-refractivity contribution is 5.76. The van der Waals surface area contributed by atoms with Gasteiger partial charge in [-0.15, -0.1) is 0 Å². The van der Waals surface area contributed by atoms with E-state index in [0.717, 1.165) is 26.1 Å². The van der Waals surface area contributed by atoms with Crippen molar-refractivity contribution >= 4 is 5.91 Å². The minimum absolute atomic E-state index is 0.0181. The number of hydrogen-bond acceptors (Lipinski definition) is 4. The van der Waals surface area contributed by atoms with Crippen LogP contribution in [0.4, 0.5) is 0 Å². The van der Waals surface area contributed by atoms with E-state index in [1.165, 1.54) is 22.5 Å². The second-order valence-corrected chi connectivity index (χ2v) is 6.45. The zero-order chi connectivity index (χ0) is 17.6. The molecule has 25 heavy (non-hydrogen) atoms. The van der Waals surface area contributed by atoms with Crippen LogP contribution in [-0.2, 0) is 17.8 Å². The Balaban J connectivity index is 1.46. The van der Waals surface area contributed by atoms with Crippen molar-refractivity contribution in [1.29, 1.82) is 0 Å². The van der Waals surface area contributed by atoms with E-state index in [0.29, 0.717) is 18.8 Å². The number of rotatable bonds is 5. The first-order valence-corrected chi connectivity index (χ1v) is 8.69. The summed E-state index contributed by atoms with van der Waals surface area (Å²) < 4.78 is 1.37. The molecule has 0 aliphatic carbocycles. The second kappa shape index (κ2) is 8.07. The van der Waals surface area contributed by atoms with E-state index in [9.17, 15) is 9.59 Å². The van der Waals surface area contributed by atoms with Crippen LogP contribution in [0.1, 0.15) is 11.3 Å². The number of nitrogens with zero attached hydrogens (tertiary/aromatic N) is 4. The molecule has 1 aromatic heterocycles. The molecule has 0 atom stereocenters. The van der Waals surface area contributed by atoms with Gasteiger partial charge in [0.1, 0.15) is 6.54 Å². The van der Waals surface area contributed by atoms with E-state index in [1.54, 1.807) is 6.92 Å². The number of carbonyl (C=O) groups is 1. The molecule has 1 aliphatic heterocycles. The van der Waals surface area contributed by atoms with Crippen LogP contribution in [0.25, 0.3) is 0 Å². The fourth-order valence-electron chi connectivity index (χ4n) is 3.03. The lowest BCUT2D eigenvalue weighted by atomic mass is 10.1. The van der Waals surface area contributed by atoms with Crippen molar-refractivity contribution in [3.05, 3.63) is 64.3 Å². The maximum atomic E-state index is 12.4. The fourth-order valence-corrected chi connectivity index (χ4v) is 3.03. The lowest BCUT2D eigenvalue weighted by Crippen LogP contribution is -2.50. The molecule has 0 N–H and O–H groups in total. The molecule has 1 aliphatic rings. The molecule has 6 heteroatoms. The van der Waals surface area contributed by atoms with Gasteiger partial charge in [0.15, 0.2) is 0 Å². The van der Waals surface area contributed by atoms with Gasteiger partial charge in [-0.25, -0.2) is 4.98 Å². The fraction of sp³-hybridized carbons (Fsp3) is 0.421. The first kappa shape index (κ1) is 17.4. The van der Waals surface area contributed by atoms with Crippen molar-refractivity contribution in [2.45, 2.75) is 19.9 Å². The van der Waals surface area contributed by atoms with E-state index in [4.69, 9.17) is 0 Å². The van der Waals surface area contributed by atoms with Gasteiger partial charge < -0.3 is 4.90 Å². The van der Waals surface area contributed by atoms with Gasteiger partial charge >= 0.3 is 0 Å². The summed E-state index contributed by atoms with van der Waals surface area (Å²) >= 11 is 0. The highest BCUT2D eigenvalue weighted by Gasteiger charge is 2.21. The van der Waals surface area contributed by atoms with E-state index in [-0.39, 0.29) is 18.0 Å². The summed E-state index contributed by atoms with van der Waals surface area (Å²) in [5, 5.41) is 0. The number of aromatic nitrogens is 2. The molecule has 1 amide bonds. The quantitative estimate of drug-likeness (QED) is 0.813. The van der Waals surface area contributed by atoms with Crippen LogP contribution in [0.2, 0.25) is 0 Å². The molecule has 1 saturated heterocycles. The van der Waals surface area contributed by atoms with Gasteiger partial charge in [-0.3, -0.25) is 19.1 Å². The van der Waals surface area contributed by atoms with Crippen LogP contribution in [0, 0.1) is 6.92 Å². The summed E-state index contributed by atoms with van der Waals surface area (Å²) in [6.07, 6.45) is 2.48. The topological polar surface area (TPSA) is 58.4 Å². The van der Waals surface area contributed by atoms with Gasteiger partial charge in [-0.2, -0.15) is 0 Å². The summed E-state index contributed by atoms with van der Waals surface area (Å²) in [5.74, 6) is -0.0181. The first-order valence-electron chi connectivity index (χ1n) is 8.69. The second-order valence-electron chi connectivity index (χ2n) is 6.45. The Morgan fingerprint density at radius 1 is 1.12 bits per heavy atom. The number of amides is 1. The van der Waals surface area contributed by atoms with Crippen LogP contribution < -0.4 is 5.56 Å². The molecule has 0 spiro atoms. The molecule has 0 saturated carbocycles. The molecule has 1 fully saturated rings. The average molecular weight is 340 g/mol. The molecule has 0 bridgehead atoms.